The lowest BCUT2D eigenvalue weighted by atomic mass is 9.82. The third-order valence-electron chi connectivity index (χ3n) is 5.35. The average Bonchev–Trinajstić information content (AvgIpc) is 3.41. The van der Waals surface area contributed by atoms with Gasteiger partial charge in [0.1, 0.15) is 5.84 Å². The SMILES string of the molecule is CC(=O)O.NC1=NC(c2ccsc2)(c2cccc(-c3cc(Cl)cc(Cl)c3)c2)C2=NCCCN12. The molecule has 2 aliphatic rings. The van der Waals surface area contributed by atoms with Gasteiger partial charge in [0.05, 0.1) is 0 Å². The van der Waals surface area contributed by atoms with Crippen LogP contribution >= 0.6 is 34.5 Å². The minimum atomic E-state index is -0.833. The van der Waals surface area contributed by atoms with Crippen LogP contribution in [0.3, 0.4) is 0 Å². The first-order chi connectivity index (χ1) is 15.8. The fourth-order valence-corrected chi connectivity index (χ4v) is 5.31. The molecule has 1 atom stereocenters. The van der Waals surface area contributed by atoms with Crippen molar-refractivity contribution in [2.75, 3.05) is 13.1 Å². The van der Waals surface area contributed by atoms with Gasteiger partial charge in [-0.1, -0.05) is 41.4 Å². The van der Waals surface area contributed by atoms with Gasteiger partial charge < -0.3 is 10.8 Å². The Bertz CT molecular complexity index is 1220. The van der Waals surface area contributed by atoms with Crippen LogP contribution in [0.4, 0.5) is 0 Å². The second-order valence-electron chi connectivity index (χ2n) is 7.66. The number of halogens is 2. The van der Waals surface area contributed by atoms with Gasteiger partial charge in [0.2, 0.25) is 0 Å². The number of guanidine groups is 1. The number of fused-ring (bicyclic) bond motifs is 1. The monoisotopic (exact) mass is 500 g/mol. The van der Waals surface area contributed by atoms with E-state index in [0.717, 1.165) is 54.5 Å². The van der Waals surface area contributed by atoms with Crippen LogP contribution in [0, 0.1) is 0 Å². The number of carbonyl (C=O) groups is 1. The van der Waals surface area contributed by atoms with E-state index < -0.39 is 11.5 Å². The number of benzene rings is 2. The van der Waals surface area contributed by atoms with E-state index in [2.05, 4.69) is 35.0 Å². The number of aliphatic carboxylic acids is 1. The van der Waals surface area contributed by atoms with Crippen molar-refractivity contribution >= 4 is 52.3 Å². The lowest BCUT2D eigenvalue weighted by Crippen LogP contribution is -2.46. The van der Waals surface area contributed by atoms with Gasteiger partial charge in [-0.2, -0.15) is 11.3 Å². The van der Waals surface area contributed by atoms with E-state index in [-0.39, 0.29) is 0 Å². The van der Waals surface area contributed by atoms with Crippen molar-refractivity contribution in [1.29, 1.82) is 0 Å². The summed E-state index contributed by atoms with van der Waals surface area (Å²) in [6, 6.07) is 16.0. The molecular weight excluding hydrogens is 479 g/mol. The maximum Gasteiger partial charge on any atom is 0.300 e. The molecule has 170 valence electrons. The molecule has 1 unspecified atom stereocenters. The van der Waals surface area contributed by atoms with Gasteiger partial charge in [-0.25, -0.2) is 4.99 Å². The van der Waals surface area contributed by atoms with E-state index in [0.29, 0.717) is 16.0 Å². The largest absolute Gasteiger partial charge is 0.481 e. The van der Waals surface area contributed by atoms with Crippen LogP contribution in [-0.4, -0.2) is 40.9 Å². The first-order valence-corrected chi connectivity index (χ1v) is 12.0. The quantitative estimate of drug-likeness (QED) is 0.497. The number of carboxylic acids is 1. The zero-order valence-corrected chi connectivity index (χ0v) is 20.2. The summed E-state index contributed by atoms with van der Waals surface area (Å²) in [7, 11) is 0. The van der Waals surface area contributed by atoms with E-state index in [1.807, 2.05) is 23.1 Å². The highest BCUT2D eigenvalue weighted by Crippen LogP contribution is 2.43. The molecular formula is C24H22Cl2N4O2S. The summed E-state index contributed by atoms with van der Waals surface area (Å²) in [5, 5.41) is 12.8. The molecule has 3 heterocycles. The molecule has 0 saturated carbocycles. The van der Waals surface area contributed by atoms with E-state index in [1.54, 1.807) is 17.4 Å². The molecule has 0 aliphatic carbocycles. The van der Waals surface area contributed by atoms with Crippen molar-refractivity contribution < 1.29 is 9.90 Å². The first kappa shape index (κ1) is 23.3. The van der Waals surface area contributed by atoms with E-state index in [4.69, 9.17) is 48.8 Å². The normalized spacial score (nSPS) is 19.2. The Labute approximate surface area is 206 Å². The lowest BCUT2D eigenvalue weighted by Gasteiger charge is -2.32. The molecule has 0 amide bonds. The van der Waals surface area contributed by atoms with Gasteiger partial charge in [-0.15, -0.1) is 0 Å². The minimum absolute atomic E-state index is 0.519. The highest BCUT2D eigenvalue weighted by molar-refractivity contribution is 7.08. The van der Waals surface area contributed by atoms with Crippen LogP contribution < -0.4 is 5.73 Å². The summed E-state index contributed by atoms with van der Waals surface area (Å²) in [5.74, 6) is 0.590. The number of hydrogen-bond donors (Lipinski definition) is 2. The Kier molecular flexibility index (Phi) is 6.74. The third-order valence-corrected chi connectivity index (χ3v) is 6.47. The summed E-state index contributed by atoms with van der Waals surface area (Å²) in [4.78, 5) is 20.9. The van der Waals surface area contributed by atoms with E-state index in [9.17, 15) is 0 Å². The molecule has 0 fully saturated rings. The number of carboxylic acid groups (broad SMARTS) is 1. The number of nitrogens with two attached hydrogens (primary N) is 1. The van der Waals surface area contributed by atoms with Crippen molar-refractivity contribution in [3.8, 4) is 11.1 Å². The van der Waals surface area contributed by atoms with Crippen LogP contribution in [0.2, 0.25) is 10.0 Å². The van der Waals surface area contributed by atoms with E-state index >= 15 is 0 Å². The van der Waals surface area contributed by atoms with Crippen molar-refractivity contribution in [3.63, 3.8) is 0 Å². The number of nitrogens with zero attached hydrogens (tertiary/aromatic N) is 3. The lowest BCUT2D eigenvalue weighted by molar-refractivity contribution is -0.134. The van der Waals surface area contributed by atoms with Crippen LogP contribution in [0.1, 0.15) is 24.5 Å². The average molecular weight is 501 g/mol. The molecule has 33 heavy (non-hydrogen) atoms. The Morgan fingerprint density at radius 3 is 2.52 bits per heavy atom. The van der Waals surface area contributed by atoms with Gasteiger partial charge >= 0.3 is 0 Å². The Morgan fingerprint density at radius 2 is 1.85 bits per heavy atom. The summed E-state index contributed by atoms with van der Waals surface area (Å²) < 4.78 is 0. The molecule has 0 radical (unpaired) electrons. The van der Waals surface area contributed by atoms with Gasteiger partial charge in [0.25, 0.3) is 5.97 Å². The fourth-order valence-electron chi connectivity index (χ4n) is 4.09. The fraction of sp³-hybridized carbons (Fsp3) is 0.208. The summed E-state index contributed by atoms with van der Waals surface area (Å²) >= 11 is 14.1. The number of aliphatic imine (C=N–C) groups is 2. The molecule has 9 heteroatoms. The first-order valence-electron chi connectivity index (χ1n) is 10.3. The van der Waals surface area contributed by atoms with Crippen molar-refractivity contribution in [1.82, 2.24) is 4.90 Å². The second kappa shape index (κ2) is 9.55. The third kappa shape index (κ3) is 4.62. The smallest absolute Gasteiger partial charge is 0.300 e. The summed E-state index contributed by atoms with van der Waals surface area (Å²) in [5.41, 5.74) is 9.71. The Balaban J connectivity index is 0.000000601. The standard InChI is InChI=1S/C22H18Cl2N4S.C2H4O2/c23-18-10-15(11-19(24)12-18)14-3-1-4-16(9-14)22(17-5-8-29-13-17)20-26-6-2-7-28(20)21(25)27-22;1-2(3)4/h1,3-5,8-13H,2,6-7H2,(H2,25,27);1H3,(H,3,4). The topological polar surface area (TPSA) is 91.3 Å². The van der Waals surface area contributed by atoms with Gasteiger partial charge in [0, 0.05) is 35.6 Å². The van der Waals surface area contributed by atoms with Crippen LogP contribution in [0.25, 0.3) is 11.1 Å². The maximum absolute atomic E-state index is 9.00. The molecule has 6 nitrogen and oxygen atoms in total. The minimum Gasteiger partial charge on any atom is -0.481 e. The zero-order chi connectivity index (χ0) is 23.6. The van der Waals surface area contributed by atoms with Gasteiger partial charge in [0.15, 0.2) is 11.5 Å². The Morgan fingerprint density at radius 1 is 1.12 bits per heavy atom. The number of hydrogen-bond acceptors (Lipinski definition) is 6. The second-order valence-corrected chi connectivity index (χ2v) is 9.31. The van der Waals surface area contributed by atoms with Gasteiger partial charge in [-0.05, 0) is 64.2 Å². The van der Waals surface area contributed by atoms with Crippen LogP contribution in [0.5, 0.6) is 0 Å². The van der Waals surface area contributed by atoms with E-state index in [1.165, 1.54) is 0 Å². The predicted molar refractivity (Wildman–Crippen MR) is 136 cm³/mol. The molecule has 2 aromatic carbocycles. The maximum atomic E-state index is 9.00. The molecule has 0 spiro atoms. The van der Waals surface area contributed by atoms with Crippen molar-refractivity contribution in [2.45, 2.75) is 18.9 Å². The molecule has 3 N–H and O–H groups in total. The Hall–Kier alpha value is -2.87. The van der Waals surface area contributed by atoms with Crippen molar-refractivity contribution in [2.24, 2.45) is 15.7 Å². The van der Waals surface area contributed by atoms with Crippen molar-refractivity contribution in [3.05, 3.63) is 80.5 Å². The number of rotatable bonds is 3. The highest BCUT2D eigenvalue weighted by Gasteiger charge is 2.49. The van der Waals surface area contributed by atoms with Gasteiger partial charge in [-0.3, -0.25) is 14.7 Å². The van der Waals surface area contributed by atoms with Crippen LogP contribution in [0.15, 0.2) is 69.3 Å². The molecule has 5 rings (SSSR count). The molecule has 1 aromatic heterocycles. The molecule has 0 bridgehead atoms. The molecule has 0 saturated heterocycles. The number of thiophene rings is 1. The molecule has 3 aromatic rings. The summed E-state index contributed by atoms with van der Waals surface area (Å²) in [6.07, 6.45) is 0.973. The predicted octanol–water partition coefficient (Wildman–Crippen LogP) is 5.49. The highest BCUT2D eigenvalue weighted by atomic mass is 35.5. The van der Waals surface area contributed by atoms with Crippen LogP contribution in [-0.2, 0) is 10.3 Å². The zero-order valence-electron chi connectivity index (χ0n) is 17.8. The molecule has 2 aliphatic heterocycles. The summed E-state index contributed by atoms with van der Waals surface area (Å²) in [6.45, 7) is 2.70. The number of amidine groups is 1.